The number of nitrogens with zero attached hydrogens (tertiary/aromatic N) is 6. The van der Waals surface area contributed by atoms with Crippen molar-refractivity contribution in [3.63, 3.8) is 0 Å². The molecule has 34 heavy (non-hydrogen) atoms. The van der Waals surface area contributed by atoms with Crippen LogP contribution in [0.4, 0.5) is 13.2 Å². The third-order valence-corrected chi connectivity index (χ3v) is 6.12. The lowest BCUT2D eigenvalue weighted by Gasteiger charge is -2.38. The summed E-state index contributed by atoms with van der Waals surface area (Å²) in [5.41, 5.74) is 0.463. The first-order valence-electron chi connectivity index (χ1n) is 11.4. The van der Waals surface area contributed by atoms with Gasteiger partial charge in [-0.15, -0.1) is 5.10 Å². The van der Waals surface area contributed by atoms with Crippen LogP contribution in [0.1, 0.15) is 47.9 Å². The topological polar surface area (TPSA) is 67.2 Å². The Kier molecular flexibility index (Phi) is 7.26. The molecule has 0 N–H and O–H groups in total. The third-order valence-electron chi connectivity index (χ3n) is 6.12. The van der Waals surface area contributed by atoms with Crippen LogP contribution in [0.15, 0.2) is 54.6 Å². The van der Waals surface area contributed by atoms with E-state index in [4.69, 9.17) is 0 Å². The first-order chi connectivity index (χ1) is 16.4. The van der Waals surface area contributed by atoms with Gasteiger partial charge in [-0.3, -0.25) is 9.69 Å². The Morgan fingerprint density at radius 1 is 1.06 bits per heavy atom. The summed E-state index contributed by atoms with van der Waals surface area (Å²) >= 11 is 0. The molecule has 180 valence electrons. The van der Waals surface area contributed by atoms with Crippen LogP contribution in [0, 0.1) is 0 Å². The third kappa shape index (κ3) is 5.44. The van der Waals surface area contributed by atoms with Crippen molar-refractivity contribution in [2.75, 3.05) is 19.6 Å². The van der Waals surface area contributed by atoms with Crippen molar-refractivity contribution in [3.05, 3.63) is 71.5 Å². The second-order valence-electron chi connectivity index (χ2n) is 8.41. The Hall–Kier alpha value is -3.27. The van der Waals surface area contributed by atoms with Gasteiger partial charge in [0.05, 0.1) is 17.8 Å². The molecule has 2 aromatic carbocycles. The van der Waals surface area contributed by atoms with E-state index in [2.05, 4.69) is 27.3 Å². The zero-order chi connectivity index (χ0) is 24.1. The maximum atomic E-state index is 12.9. The highest BCUT2D eigenvalue weighted by Crippen LogP contribution is 2.29. The number of hydrogen-bond donors (Lipinski definition) is 0. The van der Waals surface area contributed by atoms with Gasteiger partial charge in [-0.1, -0.05) is 25.1 Å². The molecule has 7 nitrogen and oxygen atoms in total. The van der Waals surface area contributed by atoms with Crippen LogP contribution in [0.25, 0.3) is 5.69 Å². The number of alkyl halides is 3. The molecule has 0 bridgehead atoms. The minimum Gasteiger partial charge on any atom is -0.339 e. The van der Waals surface area contributed by atoms with E-state index in [-0.39, 0.29) is 11.9 Å². The Balaban J connectivity index is 1.43. The number of benzene rings is 2. The summed E-state index contributed by atoms with van der Waals surface area (Å²) in [5.74, 6) is 0.614. The van der Waals surface area contributed by atoms with E-state index in [9.17, 15) is 18.0 Å². The van der Waals surface area contributed by atoms with Gasteiger partial charge in [0.2, 0.25) is 0 Å². The first kappa shape index (κ1) is 23.9. The number of aromatic nitrogens is 4. The number of carbonyl (C=O) groups is 1. The van der Waals surface area contributed by atoms with Gasteiger partial charge >= 0.3 is 6.18 Å². The Bertz CT molecular complexity index is 1080. The summed E-state index contributed by atoms with van der Waals surface area (Å²) in [7, 11) is 0. The van der Waals surface area contributed by atoms with E-state index in [0.29, 0.717) is 36.7 Å². The minimum absolute atomic E-state index is 0.0485. The lowest BCUT2D eigenvalue weighted by atomic mass is 10.0. The first-order valence-corrected chi connectivity index (χ1v) is 11.4. The number of piperidine rings is 1. The van der Waals surface area contributed by atoms with Crippen molar-refractivity contribution in [2.45, 2.75) is 44.9 Å². The Morgan fingerprint density at radius 3 is 2.35 bits per heavy atom. The summed E-state index contributed by atoms with van der Waals surface area (Å²) in [6, 6.07) is 14.4. The van der Waals surface area contributed by atoms with Crippen molar-refractivity contribution in [1.29, 1.82) is 0 Å². The molecular formula is C24H27F3N6O. The van der Waals surface area contributed by atoms with Crippen molar-refractivity contribution in [2.24, 2.45) is 0 Å². The van der Waals surface area contributed by atoms with Gasteiger partial charge in [0.15, 0.2) is 5.82 Å². The number of likely N-dealkylation sites (tertiary alicyclic amines) is 1. The molecule has 0 saturated carbocycles. The van der Waals surface area contributed by atoms with Gasteiger partial charge in [0.1, 0.15) is 0 Å². The van der Waals surface area contributed by atoms with E-state index >= 15 is 0 Å². The quantitative estimate of drug-likeness (QED) is 0.516. The maximum Gasteiger partial charge on any atom is 0.416 e. The molecule has 2 heterocycles. The molecule has 1 fully saturated rings. The molecule has 1 aliphatic rings. The fourth-order valence-electron chi connectivity index (χ4n) is 4.35. The minimum atomic E-state index is -4.39. The predicted octanol–water partition coefficient (Wildman–Crippen LogP) is 4.20. The van der Waals surface area contributed by atoms with Crippen molar-refractivity contribution in [3.8, 4) is 5.69 Å². The van der Waals surface area contributed by atoms with Gasteiger partial charge in [-0.2, -0.15) is 17.9 Å². The second-order valence-corrected chi connectivity index (χ2v) is 8.41. The van der Waals surface area contributed by atoms with Gasteiger partial charge in [0, 0.05) is 24.7 Å². The van der Waals surface area contributed by atoms with Crippen LogP contribution in [-0.4, -0.2) is 61.6 Å². The maximum absolute atomic E-state index is 12.9. The van der Waals surface area contributed by atoms with E-state index in [1.807, 2.05) is 35.2 Å². The molecule has 0 atom stereocenters. The highest BCUT2D eigenvalue weighted by molar-refractivity contribution is 5.94. The standard InChI is InChI=1S/C24H27F3N6O/c1-2-14-32(20-12-15-31(16-13-20)23(34)18-6-4-3-5-7-18)17-22-28-29-30-33(22)21-10-8-19(9-11-21)24(25,26)27/h3-11,20H,2,12-17H2,1H3. The molecule has 1 aliphatic heterocycles. The molecule has 0 radical (unpaired) electrons. The zero-order valence-electron chi connectivity index (χ0n) is 18.9. The van der Waals surface area contributed by atoms with E-state index in [1.54, 1.807) is 0 Å². The molecule has 1 amide bonds. The fraction of sp³-hybridized carbons (Fsp3) is 0.417. The highest BCUT2D eigenvalue weighted by atomic mass is 19.4. The summed E-state index contributed by atoms with van der Waals surface area (Å²) in [5, 5.41) is 11.9. The van der Waals surface area contributed by atoms with Crippen LogP contribution in [0.5, 0.6) is 0 Å². The van der Waals surface area contributed by atoms with Gasteiger partial charge in [-0.05, 0) is 72.6 Å². The molecular weight excluding hydrogens is 445 g/mol. The Morgan fingerprint density at radius 2 is 1.74 bits per heavy atom. The van der Waals surface area contributed by atoms with Crippen LogP contribution >= 0.6 is 0 Å². The number of amides is 1. The van der Waals surface area contributed by atoms with E-state index in [0.717, 1.165) is 37.9 Å². The van der Waals surface area contributed by atoms with E-state index in [1.165, 1.54) is 16.8 Å². The molecule has 0 unspecified atom stereocenters. The largest absolute Gasteiger partial charge is 0.416 e. The van der Waals surface area contributed by atoms with Crippen molar-refractivity contribution in [1.82, 2.24) is 30.0 Å². The smallest absolute Gasteiger partial charge is 0.339 e. The van der Waals surface area contributed by atoms with Crippen molar-refractivity contribution < 1.29 is 18.0 Å². The van der Waals surface area contributed by atoms with Crippen LogP contribution < -0.4 is 0 Å². The summed E-state index contributed by atoms with van der Waals surface area (Å²) in [6.07, 6.45) is -1.79. The monoisotopic (exact) mass is 472 g/mol. The highest BCUT2D eigenvalue weighted by Gasteiger charge is 2.31. The number of halogens is 3. The molecule has 3 aromatic rings. The average Bonchev–Trinajstić information content (AvgIpc) is 3.32. The fourth-order valence-corrected chi connectivity index (χ4v) is 4.35. The summed E-state index contributed by atoms with van der Waals surface area (Å²) in [6.45, 7) is 4.74. The lowest BCUT2D eigenvalue weighted by Crippen LogP contribution is -2.47. The summed E-state index contributed by atoms with van der Waals surface area (Å²) < 4.78 is 40.2. The number of rotatable bonds is 7. The molecule has 1 aromatic heterocycles. The zero-order valence-corrected chi connectivity index (χ0v) is 18.9. The SMILES string of the molecule is CCCN(Cc1nnnn1-c1ccc(C(F)(F)F)cc1)C1CCN(C(=O)c2ccccc2)CC1. The normalized spacial score (nSPS) is 15.1. The average molecular weight is 473 g/mol. The second kappa shape index (κ2) is 10.3. The van der Waals surface area contributed by atoms with Crippen molar-refractivity contribution >= 4 is 5.91 Å². The van der Waals surface area contributed by atoms with E-state index < -0.39 is 11.7 Å². The van der Waals surface area contributed by atoms with Crippen LogP contribution in [0.3, 0.4) is 0 Å². The van der Waals surface area contributed by atoms with Crippen LogP contribution in [-0.2, 0) is 12.7 Å². The number of hydrogen-bond acceptors (Lipinski definition) is 5. The molecule has 10 heteroatoms. The molecule has 1 saturated heterocycles. The predicted molar refractivity (Wildman–Crippen MR) is 120 cm³/mol. The molecule has 0 aliphatic carbocycles. The lowest BCUT2D eigenvalue weighted by molar-refractivity contribution is -0.137. The molecule has 0 spiro atoms. The van der Waals surface area contributed by atoms with Gasteiger partial charge in [-0.25, -0.2) is 0 Å². The Labute approximate surface area is 196 Å². The summed E-state index contributed by atoms with van der Waals surface area (Å²) in [4.78, 5) is 17.0. The number of tetrazole rings is 1. The van der Waals surface area contributed by atoms with Gasteiger partial charge < -0.3 is 4.90 Å². The molecule has 4 rings (SSSR count). The number of carbonyl (C=O) groups excluding carboxylic acids is 1. The van der Waals surface area contributed by atoms with Gasteiger partial charge in [0.25, 0.3) is 5.91 Å². The van der Waals surface area contributed by atoms with Crippen LogP contribution in [0.2, 0.25) is 0 Å².